The number of nitrogens with two attached hydrogens (primary N) is 1. The zero-order valence-corrected chi connectivity index (χ0v) is 11.7. The monoisotopic (exact) mass is 271 g/mol. The number of nitrogens with one attached hydrogen (secondary N) is 1. The molecule has 6 heteroatoms. The van der Waals surface area contributed by atoms with Crippen molar-refractivity contribution in [2.45, 2.75) is 17.7 Å². The quantitative estimate of drug-likeness (QED) is 0.728. The van der Waals surface area contributed by atoms with Crippen molar-refractivity contribution in [2.24, 2.45) is 5.14 Å². The van der Waals surface area contributed by atoms with Crippen LogP contribution >= 0.6 is 0 Å². The lowest BCUT2D eigenvalue weighted by Gasteiger charge is -2.12. The normalized spacial score (nSPS) is 11.8. The number of anilines is 1. The summed E-state index contributed by atoms with van der Waals surface area (Å²) in [5, 5.41) is 8.27. The Kier molecular flexibility index (Phi) is 5.58. The number of rotatable bonds is 7. The Bertz CT molecular complexity index is 472. The van der Waals surface area contributed by atoms with Gasteiger partial charge in [-0.05, 0) is 45.6 Å². The van der Waals surface area contributed by atoms with Crippen LogP contribution in [0.5, 0.6) is 0 Å². The number of benzene rings is 1. The van der Waals surface area contributed by atoms with E-state index < -0.39 is 10.0 Å². The lowest BCUT2D eigenvalue weighted by molar-refractivity contribution is 0.396. The minimum Gasteiger partial charge on any atom is -0.384 e. The molecule has 0 atom stereocenters. The summed E-state index contributed by atoms with van der Waals surface area (Å²) in [5.74, 6) is 0. The summed E-state index contributed by atoms with van der Waals surface area (Å²) in [4.78, 5) is 2.27. The first-order chi connectivity index (χ1) is 8.41. The van der Waals surface area contributed by atoms with Crippen LogP contribution in [0.2, 0.25) is 0 Å². The van der Waals surface area contributed by atoms with E-state index in [0.717, 1.165) is 25.9 Å². The van der Waals surface area contributed by atoms with Crippen LogP contribution < -0.4 is 10.5 Å². The molecular formula is C12H21N3O2S. The van der Waals surface area contributed by atoms with Crippen molar-refractivity contribution in [1.29, 1.82) is 0 Å². The number of primary sulfonamides is 1. The third-order valence-electron chi connectivity index (χ3n) is 2.54. The zero-order valence-electron chi connectivity index (χ0n) is 10.9. The highest BCUT2D eigenvalue weighted by Gasteiger charge is 2.12. The largest absolute Gasteiger partial charge is 0.384 e. The molecule has 0 aliphatic heterocycles. The Balaban J connectivity index is 2.53. The first-order valence-electron chi connectivity index (χ1n) is 5.91. The van der Waals surface area contributed by atoms with Gasteiger partial charge >= 0.3 is 0 Å². The third-order valence-corrected chi connectivity index (χ3v) is 3.51. The molecule has 0 aromatic heterocycles. The van der Waals surface area contributed by atoms with Gasteiger partial charge in [-0.15, -0.1) is 0 Å². The van der Waals surface area contributed by atoms with E-state index in [1.807, 2.05) is 14.1 Å². The van der Waals surface area contributed by atoms with Crippen molar-refractivity contribution in [2.75, 3.05) is 32.5 Å². The number of hydrogen-bond donors (Lipinski definition) is 2. The van der Waals surface area contributed by atoms with Crippen LogP contribution in [0, 0.1) is 0 Å². The summed E-state index contributed by atoms with van der Waals surface area (Å²) in [6.07, 6.45) is 2.05. The molecule has 0 saturated carbocycles. The Hall–Kier alpha value is -1.11. The second kappa shape index (κ2) is 6.72. The van der Waals surface area contributed by atoms with Gasteiger partial charge < -0.3 is 10.2 Å². The van der Waals surface area contributed by atoms with Gasteiger partial charge in [-0.25, -0.2) is 13.6 Å². The Morgan fingerprint density at radius 1 is 1.22 bits per heavy atom. The zero-order chi connectivity index (χ0) is 13.6. The fraction of sp³-hybridized carbons (Fsp3) is 0.500. The van der Waals surface area contributed by atoms with E-state index >= 15 is 0 Å². The Morgan fingerprint density at radius 3 is 2.50 bits per heavy atom. The first-order valence-corrected chi connectivity index (χ1v) is 7.46. The van der Waals surface area contributed by atoms with E-state index in [4.69, 9.17) is 5.14 Å². The van der Waals surface area contributed by atoms with Gasteiger partial charge in [-0.3, -0.25) is 0 Å². The molecule has 1 rings (SSSR count). The Morgan fingerprint density at radius 2 is 1.89 bits per heavy atom. The second-order valence-corrected chi connectivity index (χ2v) is 6.01. The summed E-state index contributed by atoms with van der Waals surface area (Å²) in [6.45, 7) is 1.76. The maximum atomic E-state index is 11.4. The molecule has 0 bridgehead atoms. The first kappa shape index (κ1) is 14.9. The fourth-order valence-electron chi connectivity index (χ4n) is 1.64. The molecular weight excluding hydrogens is 250 g/mol. The lowest BCUT2D eigenvalue weighted by Crippen LogP contribution is -2.16. The molecule has 0 heterocycles. The van der Waals surface area contributed by atoms with E-state index in [1.165, 1.54) is 6.07 Å². The fourth-order valence-corrected chi connectivity index (χ4v) is 2.35. The van der Waals surface area contributed by atoms with Crippen LogP contribution in [-0.4, -0.2) is 40.5 Å². The molecule has 0 amide bonds. The molecule has 18 heavy (non-hydrogen) atoms. The molecule has 5 nitrogen and oxygen atoms in total. The van der Waals surface area contributed by atoms with Gasteiger partial charge in [0.15, 0.2) is 0 Å². The van der Waals surface area contributed by atoms with E-state index in [2.05, 4.69) is 10.2 Å². The van der Waals surface area contributed by atoms with Gasteiger partial charge in [0.05, 0.1) is 5.69 Å². The topological polar surface area (TPSA) is 75.4 Å². The van der Waals surface area contributed by atoms with Crippen molar-refractivity contribution >= 4 is 15.7 Å². The molecule has 3 N–H and O–H groups in total. The highest BCUT2D eigenvalue weighted by molar-refractivity contribution is 7.89. The van der Waals surface area contributed by atoms with E-state index in [1.54, 1.807) is 18.2 Å². The molecule has 102 valence electrons. The number of para-hydroxylation sites is 1. The van der Waals surface area contributed by atoms with E-state index in [9.17, 15) is 8.42 Å². The van der Waals surface area contributed by atoms with Crippen LogP contribution in [0.25, 0.3) is 0 Å². The molecule has 1 aromatic carbocycles. The highest BCUT2D eigenvalue weighted by atomic mass is 32.2. The number of unbranched alkanes of at least 4 members (excludes halogenated alkanes) is 1. The molecule has 0 unspecified atom stereocenters. The van der Waals surface area contributed by atoms with Crippen molar-refractivity contribution < 1.29 is 8.42 Å². The van der Waals surface area contributed by atoms with Crippen molar-refractivity contribution in [3.63, 3.8) is 0 Å². The van der Waals surface area contributed by atoms with Crippen molar-refractivity contribution in [3.05, 3.63) is 24.3 Å². The predicted octanol–water partition coefficient (Wildman–Crippen LogP) is 1.09. The molecule has 0 radical (unpaired) electrons. The van der Waals surface area contributed by atoms with Gasteiger partial charge in [0.1, 0.15) is 4.90 Å². The van der Waals surface area contributed by atoms with Crippen molar-refractivity contribution in [3.8, 4) is 0 Å². The van der Waals surface area contributed by atoms with Crippen LogP contribution in [0.15, 0.2) is 29.2 Å². The number of sulfonamides is 1. The van der Waals surface area contributed by atoms with Gasteiger partial charge in [0.2, 0.25) is 10.0 Å². The Labute approximate surface area is 109 Å². The average Bonchev–Trinajstić information content (AvgIpc) is 2.27. The van der Waals surface area contributed by atoms with E-state index in [0.29, 0.717) is 5.69 Å². The number of hydrogen-bond acceptors (Lipinski definition) is 4. The van der Waals surface area contributed by atoms with Gasteiger partial charge in [-0.1, -0.05) is 12.1 Å². The van der Waals surface area contributed by atoms with Crippen LogP contribution in [0.1, 0.15) is 12.8 Å². The minimum atomic E-state index is -3.66. The van der Waals surface area contributed by atoms with Crippen LogP contribution in [-0.2, 0) is 10.0 Å². The molecule has 0 spiro atoms. The average molecular weight is 271 g/mol. The lowest BCUT2D eigenvalue weighted by atomic mass is 10.2. The van der Waals surface area contributed by atoms with Crippen LogP contribution in [0.3, 0.4) is 0 Å². The molecule has 0 fully saturated rings. The standard InChI is InChI=1S/C12H21N3O2S/c1-15(2)10-6-5-9-14-11-7-3-4-8-12(11)18(13,16)17/h3-4,7-8,14H,5-6,9-10H2,1-2H3,(H2,13,16,17). The molecule has 0 aliphatic carbocycles. The third kappa shape index (κ3) is 5.03. The SMILES string of the molecule is CN(C)CCCCNc1ccccc1S(N)(=O)=O. The molecule has 0 saturated heterocycles. The number of nitrogens with zero attached hydrogens (tertiary/aromatic N) is 1. The van der Waals surface area contributed by atoms with Crippen LogP contribution in [0.4, 0.5) is 5.69 Å². The van der Waals surface area contributed by atoms with Gasteiger partial charge in [0, 0.05) is 6.54 Å². The molecule has 0 aliphatic rings. The predicted molar refractivity (Wildman–Crippen MR) is 74.1 cm³/mol. The van der Waals surface area contributed by atoms with E-state index in [-0.39, 0.29) is 4.90 Å². The minimum absolute atomic E-state index is 0.151. The smallest absolute Gasteiger partial charge is 0.240 e. The summed E-state index contributed by atoms with van der Waals surface area (Å²) in [6, 6.07) is 6.69. The summed E-state index contributed by atoms with van der Waals surface area (Å²) < 4.78 is 22.7. The maximum absolute atomic E-state index is 11.4. The molecule has 1 aromatic rings. The van der Waals surface area contributed by atoms with Crippen molar-refractivity contribution in [1.82, 2.24) is 4.90 Å². The summed E-state index contributed by atoms with van der Waals surface area (Å²) in [7, 11) is 0.403. The van der Waals surface area contributed by atoms with Gasteiger partial charge in [0.25, 0.3) is 0 Å². The summed E-state index contributed by atoms with van der Waals surface area (Å²) in [5.41, 5.74) is 0.574. The highest BCUT2D eigenvalue weighted by Crippen LogP contribution is 2.19. The summed E-state index contributed by atoms with van der Waals surface area (Å²) >= 11 is 0. The van der Waals surface area contributed by atoms with Gasteiger partial charge in [-0.2, -0.15) is 0 Å². The maximum Gasteiger partial charge on any atom is 0.240 e. The second-order valence-electron chi connectivity index (χ2n) is 4.48.